The molecule has 1 rings (SSSR count). The van der Waals surface area contributed by atoms with Crippen LogP contribution in [0.3, 0.4) is 0 Å². The molecular formula is C11H11NO5. The van der Waals surface area contributed by atoms with Gasteiger partial charge in [0.05, 0.1) is 31.0 Å². The van der Waals surface area contributed by atoms with E-state index in [2.05, 4.69) is 14.8 Å². The Morgan fingerprint density at radius 1 is 1.18 bits per heavy atom. The summed E-state index contributed by atoms with van der Waals surface area (Å²) in [6, 6.07) is 4.15. The lowest BCUT2D eigenvalue weighted by Gasteiger charge is -2.08. The first-order chi connectivity index (χ1) is 8.13. The lowest BCUT2D eigenvalue weighted by Crippen LogP contribution is -2.10. The second-order valence-electron chi connectivity index (χ2n) is 3.01. The van der Waals surface area contributed by atoms with Crippen molar-refractivity contribution in [2.75, 3.05) is 19.5 Å². The number of methoxy groups -OCH3 is 2. The smallest absolute Gasteiger partial charge is 0.340 e. The van der Waals surface area contributed by atoms with Crippen molar-refractivity contribution in [3.8, 4) is 0 Å². The first-order valence-corrected chi connectivity index (χ1v) is 4.65. The zero-order valence-electron chi connectivity index (χ0n) is 9.35. The molecule has 6 heteroatoms. The summed E-state index contributed by atoms with van der Waals surface area (Å²) in [4.78, 5) is 33.1. The van der Waals surface area contributed by atoms with Gasteiger partial charge in [-0.1, -0.05) is 0 Å². The average Bonchev–Trinajstić information content (AvgIpc) is 2.37. The first-order valence-electron chi connectivity index (χ1n) is 4.65. The molecule has 0 aliphatic carbocycles. The average molecular weight is 237 g/mol. The van der Waals surface area contributed by atoms with Crippen LogP contribution >= 0.6 is 0 Å². The van der Waals surface area contributed by atoms with Crippen LogP contribution in [0.5, 0.6) is 0 Å². The molecule has 90 valence electrons. The summed E-state index contributed by atoms with van der Waals surface area (Å²) in [5.74, 6) is -1.23. The van der Waals surface area contributed by atoms with Crippen molar-refractivity contribution in [2.24, 2.45) is 0 Å². The second kappa shape index (κ2) is 5.64. The van der Waals surface area contributed by atoms with Crippen LogP contribution in [0.2, 0.25) is 0 Å². The van der Waals surface area contributed by atoms with Crippen molar-refractivity contribution in [1.29, 1.82) is 0 Å². The van der Waals surface area contributed by atoms with Gasteiger partial charge in [-0.2, -0.15) is 0 Å². The number of hydrogen-bond acceptors (Lipinski definition) is 5. The van der Waals surface area contributed by atoms with Gasteiger partial charge >= 0.3 is 11.9 Å². The Morgan fingerprint density at radius 2 is 1.82 bits per heavy atom. The molecule has 0 heterocycles. The topological polar surface area (TPSA) is 81.7 Å². The fourth-order valence-electron chi connectivity index (χ4n) is 1.26. The van der Waals surface area contributed by atoms with Gasteiger partial charge in [0.25, 0.3) is 0 Å². The minimum Gasteiger partial charge on any atom is -0.465 e. The van der Waals surface area contributed by atoms with Crippen LogP contribution in [0.1, 0.15) is 20.7 Å². The van der Waals surface area contributed by atoms with Gasteiger partial charge in [-0.05, 0) is 18.2 Å². The number of esters is 2. The molecule has 6 nitrogen and oxygen atoms in total. The summed E-state index contributed by atoms with van der Waals surface area (Å²) < 4.78 is 9.07. The minimum atomic E-state index is -0.653. The van der Waals surface area contributed by atoms with Crippen LogP contribution in [0.4, 0.5) is 5.69 Å². The zero-order valence-corrected chi connectivity index (χ0v) is 9.35. The Bertz CT molecular complexity index is 455. The lowest BCUT2D eigenvalue weighted by molar-refractivity contribution is -0.105. The summed E-state index contributed by atoms with van der Waals surface area (Å²) in [5, 5.41) is 2.34. The maximum absolute atomic E-state index is 11.4. The number of carbonyl (C=O) groups is 3. The van der Waals surface area contributed by atoms with Crippen LogP contribution in [-0.2, 0) is 14.3 Å². The lowest BCUT2D eigenvalue weighted by atomic mass is 10.1. The Labute approximate surface area is 97.5 Å². The highest BCUT2D eigenvalue weighted by Gasteiger charge is 2.15. The molecule has 1 amide bonds. The van der Waals surface area contributed by atoms with Gasteiger partial charge in [0, 0.05) is 0 Å². The molecule has 1 aromatic rings. The van der Waals surface area contributed by atoms with E-state index in [-0.39, 0.29) is 16.8 Å². The monoisotopic (exact) mass is 237 g/mol. The minimum absolute atomic E-state index is 0.0856. The molecule has 0 saturated heterocycles. The highest BCUT2D eigenvalue weighted by atomic mass is 16.5. The predicted octanol–water partition coefficient (Wildman–Crippen LogP) is 0.828. The molecule has 0 unspecified atom stereocenters. The number of anilines is 1. The second-order valence-corrected chi connectivity index (χ2v) is 3.01. The number of ether oxygens (including phenoxy) is 2. The summed E-state index contributed by atoms with van der Waals surface area (Å²) in [6.07, 6.45) is 0.430. The Balaban J connectivity index is 3.23. The Kier molecular flexibility index (Phi) is 4.21. The van der Waals surface area contributed by atoms with Crippen molar-refractivity contribution in [1.82, 2.24) is 0 Å². The molecule has 1 N–H and O–H groups in total. The van der Waals surface area contributed by atoms with E-state index >= 15 is 0 Å². The number of carbonyl (C=O) groups excluding carboxylic acids is 3. The van der Waals surface area contributed by atoms with Crippen LogP contribution in [-0.4, -0.2) is 32.6 Å². The van der Waals surface area contributed by atoms with E-state index in [0.29, 0.717) is 6.41 Å². The van der Waals surface area contributed by atoms with E-state index in [1.807, 2.05) is 0 Å². The van der Waals surface area contributed by atoms with Crippen LogP contribution < -0.4 is 5.32 Å². The van der Waals surface area contributed by atoms with Gasteiger partial charge in [0.15, 0.2) is 0 Å². The number of benzene rings is 1. The maximum Gasteiger partial charge on any atom is 0.340 e. The maximum atomic E-state index is 11.4. The molecule has 0 saturated carbocycles. The molecule has 17 heavy (non-hydrogen) atoms. The van der Waals surface area contributed by atoms with E-state index in [4.69, 9.17) is 0 Å². The summed E-state index contributed by atoms with van der Waals surface area (Å²) in [7, 11) is 2.44. The molecule has 0 bridgehead atoms. The van der Waals surface area contributed by atoms with Crippen molar-refractivity contribution in [3.63, 3.8) is 0 Å². The van der Waals surface area contributed by atoms with Gasteiger partial charge in [-0.25, -0.2) is 9.59 Å². The van der Waals surface area contributed by atoms with Crippen molar-refractivity contribution < 1.29 is 23.9 Å². The van der Waals surface area contributed by atoms with Gasteiger partial charge in [0.2, 0.25) is 6.41 Å². The number of rotatable bonds is 4. The van der Waals surface area contributed by atoms with E-state index < -0.39 is 11.9 Å². The normalized spacial score (nSPS) is 9.29. The molecule has 0 aliphatic heterocycles. The summed E-state index contributed by atoms with van der Waals surface area (Å²) >= 11 is 0. The van der Waals surface area contributed by atoms with Gasteiger partial charge in [0.1, 0.15) is 0 Å². The number of nitrogens with one attached hydrogen (secondary N) is 1. The van der Waals surface area contributed by atoms with Crippen LogP contribution in [0.15, 0.2) is 18.2 Å². The standard InChI is InChI=1S/C11H11NO5/c1-16-10(14)7-3-4-9(12-6-13)8(5-7)11(15)17-2/h3-6H,1-2H3,(H,12,13). The van der Waals surface area contributed by atoms with Gasteiger partial charge < -0.3 is 14.8 Å². The highest BCUT2D eigenvalue weighted by molar-refractivity contribution is 6.01. The van der Waals surface area contributed by atoms with E-state index in [0.717, 1.165) is 0 Å². The zero-order chi connectivity index (χ0) is 12.8. The van der Waals surface area contributed by atoms with Crippen molar-refractivity contribution >= 4 is 24.0 Å². The summed E-state index contributed by atoms with van der Waals surface area (Å²) in [5.41, 5.74) is 0.548. The number of hydrogen-bond donors (Lipinski definition) is 1. The molecule has 0 aliphatic rings. The van der Waals surface area contributed by atoms with E-state index in [1.165, 1.54) is 32.4 Å². The van der Waals surface area contributed by atoms with Crippen LogP contribution in [0.25, 0.3) is 0 Å². The third-order valence-corrected chi connectivity index (χ3v) is 2.06. The fourth-order valence-corrected chi connectivity index (χ4v) is 1.26. The largest absolute Gasteiger partial charge is 0.465 e. The highest BCUT2D eigenvalue weighted by Crippen LogP contribution is 2.18. The van der Waals surface area contributed by atoms with E-state index in [9.17, 15) is 14.4 Å². The van der Waals surface area contributed by atoms with Crippen molar-refractivity contribution in [3.05, 3.63) is 29.3 Å². The third kappa shape index (κ3) is 2.81. The van der Waals surface area contributed by atoms with Crippen LogP contribution in [0, 0.1) is 0 Å². The summed E-state index contributed by atoms with van der Waals surface area (Å²) in [6.45, 7) is 0. The Morgan fingerprint density at radius 3 is 2.35 bits per heavy atom. The molecule has 0 fully saturated rings. The third-order valence-electron chi connectivity index (χ3n) is 2.06. The quantitative estimate of drug-likeness (QED) is 0.619. The Hall–Kier alpha value is -2.37. The van der Waals surface area contributed by atoms with E-state index in [1.54, 1.807) is 0 Å². The molecular weight excluding hydrogens is 226 g/mol. The van der Waals surface area contributed by atoms with Gasteiger partial charge in [-0.15, -0.1) is 0 Å². The SMILES string of the molecule is COC(=O)c1ccc(NC=O)c(C(=O)OC)c1. The molecule has 0 atom stereocenters. The fraction of sp³-hybridized carbons (Fsp3) is 0.182. The molecule has 1 aromatic carbocycles. The van der Waals surface area contributed by atoms with Gasteiger partial charge in [-0.3, -0.25) is 4.79 Å². The predicted molar refractivity (Wildman–Crippen MR) is 58.8 cm³/mol. The number of amides is 1. The van der Waals surface area contributed by atoms with Crippen molar-refractivity contribution in [2.45, 2.75) is 0 Å². The molecule has 0 radical (unpaired) electrons. The molecule has 0 spiro atoms. The first kappa shape index (κ1) is 12.7. The molecule has 0 aromatic heterocycles.